The molecule has 2 rings (SSSR count). The minimum atomic E-state index is -0.203. The summed E-state index contributed by atoms with van der Waals surface area (Å²) in [5.74, 6) is 0.754. The molecule has 2 nitrogen and oxygen atoms in total. The van der Waals surface area contributed by atoms with Crippen LogP contribution in [0.3, 0.4) is 0 Å². The Bertz CT molecular complexity index is 577. The third kappa shape index (κ3) is 2.35. The highest BCUT2D eigenvalue weighted by atomic mass is 19.1. The number of aryl methyl sites for hydroxylation is 2. The molecule has 0 bridgehead atoms. The van der Waals surface area contributed by atoms with E-state index in [9.17, 15) is 4.39 Å². The van der Waals surface area contributed by atoms with Gasteiger partial charge in [-0.2, -0.15) is 0 Å². The van der Waals surface area contributed by atoms with Gasteiger partial charge in [0, 0.05) is 25.9 Å². The third-order valence-corrected chi connectivity index (χ3v) is 2.97. The maximum Gasteiger partial charge on any atom is 0.130 e. The number of halogens is 1. The molecule has 94 valence electrons. The van der Waals surface area contributed by atoms with Crippen molar-refractivity contribution < 1.29 is 4.39 Å². The van der Waals surface area contributed by atoms with Crippen LogP contribution < -0.4 is 4.90 Å². The van der Waals surface area contributed by atoms with Gasteiger partial charge in [-0.25, -0.2) is 9.37 Å². The maximum absolute atomic E-state index is 13.1. The van der Waals surface area contributed by atoms with Crippen LogP contribution in [0.15, 0.2) is 30.5 Å². The summed E-state index contributed by atoms with van der Waals surface area (Å²) in [4.78, 5) is 6.43. The first-order chi connectivity index (χ1) is 8.49. The van der Waals surface area contributed by atoms with E-state index in [0.29, 0.717) is 0 Å². The van der Waals surface area contributed by atoms with Crippen LogP contribution in [0, 0.1) is 19.7 Å². The molecule has 0 spiro atoms. The topological polar surface area (TPSA) is 16.1 Å². The Morgan fingerprint density at radius 3 is 2.33 bits per heavy atom. The highest BCUT2D eigenvalue weighted by Crippen LogP contribution is 2.26. The van der Waals surface area contributed by atoms with Crippen LogP contribution in [0.25, 0.3) is 11.1 Å². The molecular weight excluding hydrogens is 227 g/mol. The second kappa shape index (κ2) is 4.77. The molecule has 1 aromatic carbocycles. The Balaban J connectivity index is 2.49. The van der Waals surface area contributed by atoms with Crippen molar-refractivity contribution in [2.45, 2.75) is 13.8 Å². The summed E-state index contributed by atoms with van der Waals surface area (Å²) in [6, 6.07) is 6.92. The van der Waals surface area contributed by atoms with Crippen LogP contribution in [-0.2, 0) is 0 Å². The predicted molar refractivity (Wildman–Crippen MR) is 73.4 cm³/mol. The third-order valence-electron chi connectivity index (χ3n) is 2.97. The van der Waals surface area contributed by atoms with Crippen molar-refractivity contribution >= 4 is 5.82 Å². The van der Waals surface area contributed by atoms with Crippen molar-refractivity contribution in [2.75, 3.05) is 19.0 Å². The maximum atomic E-state index is 13.1. The molecule has 0 aliphatic rings. The fraction of sp³-hybridized carbons (Fsp3) is 0.267. The van der Waals surface area contributed by atoms with E-state index in [0.717, 1.165) is 28.1 Å². The van der Waals surface area contributed by atoms with Crippen molar-refractivity contribution in [2.24, 2.45) is 0 Å². The highest BCUT2D eigenvalue weighted by Gasteiger charge is 2.07. The molecule has 0 atom stereocenters. The Labute approximate surface area is 107 Å². The van der Waals surface area contributed by atoms with E-state index in [1.807, 2.05) is 39.0 Å². The minimum Gasteiger partial charge on any atom is -0.363 e. The quantitative estimate of drug-likeness (QED) is 0.802. The molecule has 0 N–H and O–H groups in total. The number of rotatable bonds is 2. The lowest BCUT2D eigenvalue weighted by Crippen LogP contribution is -2.12. The smallest absolute Gasteiger partial charge is 0.130 e. The van der Waals surface area contributed by atoms with Gasteiger partial charge in [-0.05, 0) is 48.7 Å². The number of benzene rings is 1. The van der Waals surface area contributed by atoms with Crippen molar-refractivity contribution in [3.8, 4) is 11.1 Å². The van der Waals surface area contributed by atoms with Crippen LogP contribution in [0.4, 0.5) is 10.2 Å². The van der Waals surface area contributed by atoms with Gasteiger partial charge in [0.2, 0.25) is 0 Å². The van der Waals surface area contributed by atoms with Gasteiger partial charge in [0.25, 0.3) is 0 Å². The number of nitrogens with zero attached hydrogens (tertiary/aromatic N) is 2. The average molecular weight is 244 g/mol. The van der Waals surface area contributed by atoms with Gasteiger partial charge in [-0.1, -0.05) is 6.07 Å². The summed E-state index contributed by atoms with van der Waals surface area (Å²) in [5.41, 5.74) is 4.09. The van der Waals surface area contributed by atoms with Crippen molar-refractivity contribution in [3.05, 3.63) is 47.4 Å². The predicted octanol–water partition coefficient (Wildman–Crippen LogP) is 3.57. The zero-order chi connectivity index (χ0) is 13.3. The van der Waals surface area contributed by atoms with Crippen molar-refractivity contribution in [1.82, 2.24) is 4.98 Å². The first kappa shape index (κ1) is 12.6. The molecule has 1 aromatic heterocycles. The van der Waals surface area contributed by atoms with Crippen molar-refractivity contribution in [1.29, 1.82) is 0 Å². The Morgan fingerprint density at radius 2 is 1.78 bits per heavy atom. The van der Waals surface area contributed by atoms with Gasteiger partial charge >= 0.3 is 0 Å². The van der Waals surface area contributed by atoms with E-state index < -0.39 is 0 Å². The lowest BCUT2D eigenvalue weighted by atomic mass is 10.0. The van der Waals surface area contributed by atoms with E-state index in [-0.39, 0.29) is 5.82 Å². The van der Waals surface area contributed by atoms with Crippen LogP contribution >= 0.6 is 0 Å². The molecule has 0 saturated heterocycles. The largest absolute Gasteiger partial charge is 0.363 e. The summed E-state index contributed by atoms with van der Waals surface area (Å²) in [5, 5.41) is 0. The Morgan fingerprint density at radius 1 is 1.06 bits per heavy atom. The lowest BCUT2D eigenvalue weighted by Gasteiger charge is -2.15. The summed E-state index contributed by atoms with van der Waals surface area (Å²) < 4.78 is 13.1. The van der Waals surface area contributed by atoms with Gasteiger partial charge in [-0.3, -0.25) is 0 Å². The van der Waals surface area contributed by atoms with Crippen LogP contribution in [0.5, 0.6) is 0 Å². The van der Waals surface area contributed by atoms with Crippen molar-refractivity contribution in [3.63, 3.8) is 0 Å². The molecule has 0 unspecified atom stereocenters. The summed E-state index contributed by atoms with van der Waals surface area (Å²) in [6.45, 7) is 3.94. The number of hydrogen-bond acceptors (Lipinski definition) is 2. The molecular formula is C15H17FN2. The fourth-order valence-corrected chi connectivity index (χ4v) is 2.13. The number of anilines is 1. The molecule has 0 radical (unpaired) electrons. The zero-order valence-corrected chi connectivity index (χ0v) is 11.2. The molecule has 2 aromatic rings. The van der Waals surface area contributed by atoms with Gasteiger partial charge in [0.1, 0.15) is 11.6 Å². The second-order valence-electron chi connectivity index (χ2n) is 4.72. The van der Waals surface area contributed by atoms with E-state index in [4.69, 9.17) is 0 Å². The van der Waals surface area contributed by atoms with Crippen LogP contribution in [0.1, 0.15) is 11.1 Å². The standard InChI is InChI=1S/C15H17FN2/c1-10-8-13(16)5-6-14(10)12-7-11(2)15(17-9-12)18(3)4/h5-9H,1-4H3. The number of hydrogen-bond donors (Lipinski definition) is 0. The molecule has 0 fully saturated rings. The highest BCUT2D eigenvalue weighted by molar-refractivity contribution is 5.68. The van der Waals surface area contributed by atoms with E-state index in [2.05, 4.69) is 11.1 Å². The minimum absolute atomic E-state index is 0.203. The molecule has 0 amide bonds. The first-order valence-electron chi connectivity index (χ1n) is 5.89. The van der Waals surface area contributed by atoms with E-state index in [1.54, 1.807) is 12.1 Å². The molecule has 0 saturated carbocycles. The number of aromatic nitrogens is 1. The summed E-state index contributed by atoms with van der Waals surface area (Å²) in [7, 11) is 3.94. The van der Waals surface area contributed by atoms with Gasteiger partial charge in [0.15, 0.2) is 0 Å². The molecule has 0 aliphatic carbocycles. The SMILES string of the molecule is Cc1cc(F)ccc1-c1cnc(N(C)C)c(C)c1. The molecule has 0 aliphatic heterocycles. The molecule has 3 heteroatoms. The van der Waals surface area contributed by atoms with Gasteiger partial charge in [0.05, 0.1) is 0 Å². The Hall–Kier alpha value is -1.90. The molecule has 1 heterocycles. The van der Waals surface area contributed by atoms with Crippen LogP contribution in [0.2, 0.25) is 0 Å². The zero-order valence-electron chi connectivity index (χ0n) is 11.2. The van der Waals surface area contributed by atoms with Gasteiger partial charge < -0.3 is 4.90 Å². The second-order valence-corrected chi connectivity index (χ2v) is 4.72. The fourth-order valence-electron chi connectivity index (χ4n) is 2.13. The van der Waals surface area contributed by atoms with Crippen LogP contribution in [-0.4, -0.2) is 19.1 Å². The lowest BCUT2D eigenvalue weighted by molar-refractivity contribution is 0.627. The Kier molecular flexibility index (Phi) is 3.32. The number of pyridine rings is 1. The summed E-state index contributed by atoms with van der Waals surface area (Å²) in [6.07, 6.45) is 1.84. The average Bonchev–Trinajstić information content (AvgIpc) is 2.28. The van der Waals surface area contributed by atoms with E-state index >= 15 is 0 Å². The van der Waals surface area contributed by atoms with Gasteiger partial charge in [-0.15, -0.1) is 0 Å². The van der Waals surface area contributed by atoms with E-state index in [1.165, 1.54) is 6.07 Å². The first-order valence-corrected chi connectivity index (χ1v) is 5.89. The normalized spacial score (nSPS) is 10.5. The molecule has 18 heavy (non-hydrogen) atoms. The monoisotopic (exact) mass is 244 g/mol. The summed E-state index contributed by atoms with van der Waals surface area (Å²) >= 11 is 0.